The lowest BCUT2D eigenvalue weighted by atomic mass is 10.3. The van der Waals surface area contributed by atoms with E-state index in [0.717, 1.165) is 6.42 Å². The Hall–Kier alpha value is -1.62. The molecule has 0 aliphatic rings. The van der Waals surface area contributed by atoms with Gasteiger partial charge in [0, 0.05) is 19.5 Å². The Bertz CT molecular complexity index is 424. The van der Waals surface area contributed by atoms with Crippen LogP contribution in [0.25, 0.3) is 0 Å². The van der Waals surface area contributed by atoms with Crippen molar-refractivity contribution in [2.45, 2.75) is 19.8 Å². The summed E-state index contributed by atoms with van der Waals surface area (Å²) in [7, 11) is 0. The average Bonchev–Trinajstić information content (AvgIpc) is 2.36. The van der Waals surface area contributed by atoms with Crippen LogP contribution in [0, 0.1) is 0 Å². The molecule has 0 aromatic carbocycles. The van der Waals surface area contributed by atoms with E-state index in [1.54, 1.807) is 18.2 Å². The van der Waals surface area contributed by atoms with Gasteiger partial charge in [0.05, 0.1) is 0 Å². The topological polar surface area (TPSA) is 71.1 Å². The summed E-state index contributed by atoms with van der Waals surface area (Å²) in [6, 6.07) is 4.81. The van der Waals surface area contributed by atoms with Crippen molar-refractivity contribution >= 4 is 23.4 Å². The molecule has 0 aliphatic heterocycles. The maximum Gasteiger partial charge on any atom is 0.269 e. The SMILES string of the molecule is CCCNC(=O)CCNC(=O)c1cccc(Cl)n1. The minimum absolute atomic E-state index is 0.0730. The molecule has 0 spiro atoms. The molecular weight excluding hydrogens is 254 g/mol. The molecule has 0 atom stereocenters. The fourth-order valence-corrected chi connectivity index (χ4v) is 1.43. The number of nitrogens with zero attached hydrogens (tertiary/aromatic N) is 1. The lowest BCUT2D eigenvalue weighted by molar-refractivity contribution is -0.120. The molecule has 0 bridgehead atoms. The first kappa shape index (κ1) is 14.4. The van der Waals surface area contributed by atoms with Gasteiger partial charge in [0.1, 0.15) is 10.8 Å². The first-order valence-corrected chi connectivity index (χ1v) is 6.18. The average molecular weight is 270 g/mol. The Labute approximate surface area is 111 Å². The Morgan fingerprint density at radius 2 is 2.06 bits per heavy atom. The normalized spacial score (nSPS) is 9.89. The first-order chi connectivity index (χ1) is 8.63. The van der Waals surface area contributed by atoms with E-state index in [4.69, 9.17) is 11.6 Å². The summed E-state index contributed by atoms with van der Waals surface area (Å²) < 4.78 is 0. The molecule has 18 heavy (non-hydrogen) atoms. The maximum atomic E-state index is 11.6. The van der Waals surface area contributed by atoms with Gasteiger partial charge in [0.2, 0.25) is 5.91 Å². The second kappa shape index (κ2) is 7.66. The first-order valence-electron chi connectivity index (χ1n) is 5.81. The van der Waals surface area contributed by atoms with Crippen molar-refractivity contribution in [3.63, 3.8) is 0 Å². The van der Waals surface area contributed by atoms with Crippen molar-refractivity contribution in [3.8, 4) is 0 Å². The Morgan fingerprint density at radius 3 is 2.72 bits per heavy atom. The highest BCUT2D eigenvalue weighted by atomic mass is 35.5. The van der Waals surface area contributed by atoms with Gasteiger partial charge in [0.25, 0.3) is 5.91 Å². The lowest BCUT2D eigenvalue weighted by Gasteiger charge is -2.05. The predicted octanol–water partition coefficient (Wildman–Crippen LogP) is 1.38. The fourth-order valence-electron chi connectivity index (χ4n) is 1.27. The van der Waals surface area contributed by atoms with Crippen LogP contribution < -0.4 is 10.6 Å². The third-order valence-corrected chi connectivity index (χ3v) is 2.37. The van der Waals surface area contributed by atoms with E-state index in [1.165, 1.54) is 0 Å². The predicted molar refractivity (Wildman–Crippen MR) is 69.5 cm³/mol. The summed E-state index contributed by atoms with van der Waals surface area (Å²) in [5.74, 6) is -0.406. The van der Waals surface area contributed by atoms with Gasteiger partial charge in [-0.1, -0.05) is 24.6 Å². The van der Waals surface area contributed by atoms with E-state index in [9.17, 15) is 9.59 Å². The van der Waals surface area contributed by atoms with Gasteiger partial charge in [-0.25, -0.2) is 4.98 Å². The Balaban J connectivity index is 2.31. The van der Waals surface area contributed by atoms with E-state index >= 15 is 0 Å². The summed E-state index contributed by atoms with van der Waals surface area (Å²) >= 11 is 5.68. The molecule has 1 heterocycles. The summed E-state index contributed by atoms with van der Waals surface area (Å²) in [4.78, 5) is 26.8. The molecule has 0 saturated carbocycles. The minimum atomic E-state index is -0.333. The van der Waals surface area contributed by atoms with E-state index in [1.807, 2.05) is 6.92 Å². The standard InChI is InChI=1S/C12H16ClN3O2/c1-2-7-14-11(17)6-8-15-12(18)9-4-3-5-10(13)16-9/h3-5H,2,6-8H2,1H3,(H,14,17)(H,15,18). The van der Waals surface area contributed by atoms with Crippen LogP contribution in [0.5, 0.6) is 0 Å². The van der Waals surface area contributed by atoms with Crippen molar-refractivity contribution < 1.29 is 9.59 Å². The van der Waals surface area contributed by atoms with Crippen molar-refractivity contribution in [2.75, 3.05) is 13.1 Å². The quantitative estimate of drug-likeness (QED) is 0.767. The number of carbonyl (C=O) groups excluding carboxylic acids is 2. The van der Waals surface area contributed by atoms with Gasteiger partial charge < -0.3 is 10.6 Å². The molecule has 1 rings (SSSR count). The largest absolute Gasteiger partial charge is 0.356 e. The molecule has 98 valence electrons. The van der Waals surface area contributed by atoms with E-state index in [-0.39, 0.29) is 35.6 Å². The number of hydrogen-bond acceptors (Lipinski definition) is 3. The van der Waals surface area contributed by atoms with Gasteiger partial charge in [0.15, 0.2) is 0 Å². The van der Waals surface area contributed by atoms with E-state index in [0.29, 0.717) is 6.54 Å². The van der Waals surface area contributed by atoms with Crippen LogP contribution in [0.2, 0.25) is 5.15 Å². The molecule has 5 nitrogen and oxygen atoms in total. The molecule has 2 amide bonds. The zero-order valence-electron chi connectivity index (χ0n) is 10.2. The highest BCUT2D eigenvalue weighted by Gasteiger charge is 2.07. The molecule has 0 unspecified atom stereocenters. The third kappa shape index (κ3) is 5.14. The van der Waals surface area contributed by atoms with Crippen molar-refractivity contribution in [1.29, 1.82) is 0 Å². The molecule has 0 radical (unpaired) electrons. The van der Waals surface area contributed by atoms with Crippen LogP contribution >= 0.6 is 11.6 Å². The summed E-state index contributed by atoms with van der Waals surface area (Å²) in [6.45, 7) is 2.91. The van der Waals surface area contributed by atoms with Crippen LogP contribution in [0.1, 0.15) is 30.3 Å². The molecule has 0 aliphatic carbocycles. The van der Waals surface area contributed by atoms with E-state index < -0.39 is 0 Å². The number of halogens is 1. The van der Waals surface area contributed by atoms with Crippen LogP contribution in [-0.2, 0) is 4.79 Å². The number of pyridine rings is 1. The molecule has 6 heteroatoms. The summed E-state index contributed by atoms with van der Waals surface area (Å²) in [5, 5.41) is 5.61. The van der Waals surface area contributed by atoms with E-state index in [2.05, 4.69) is 15.6 Å². The van der Waals surface area contributed by atoms with Crippen LogP contribution in [-0.4, -0.2) is 29.9 Å². The second-order valence-corrected chi connectivity index (χ2v) is 4.09. The maximum absolute atomic E-state index is 11.6. The number of carbonyl (C=O) groups is 2. The van der Waals surface area contributed by atoms with Gasteiger partial charge in [-0.2, -0.15) is 0 Å². The molecule has 1 aromatic rings. The highest BCUT2D eigenvalue weighted by molar-refractivity contribution is 6.29. The number of amides is 2. The highest BCUT2D eigenvalue weighted by Crippen LogP contribution is 2.04. The monoisotopic (exact) mass is 269 g/mol. The van der Waals surface area contributed by atoms with Gasteiger partial charge in [-0.15, -0.1) is 0 Å². The molecule has 1 aromatic heterocycles. The van der Waals surface area contributed by atoms with Crippen molar-refractivity contribution in [1.82, 2.24) is 15.6 Å². The molecule has 0 saturated heterocycles. The molecule has 2 N–H and O–H groups in total. The van der Waals surface area contributed by atoms with Gasteiger partial charge in [-0.05, 0) is 18.6 Å². The number of aromatic nitrogens is 1. The number of rotatable bonds is 6. The zero-order valence-corrected chi connectivity index (χ0v) is 11.0. The Kier molecular flexibility index (Phi) is 6.14. The smallest absolute Gasteiger partial charge is 0.269 e. The Morgan fingerprint density at radius 1 is 1.28 bits per heavy atom. The molecule has 0 fully saturated rings. The van der Waals surface area contributed by atoms with Gasteiger partial charge in [-0.3, -0.25) is 9.59 Å². The fraction of sp³-hybridized carbons (Fsp3) is 0.417. The van der Waals surface area contributed by atoms with Crippen molar-refractivity contribution in [2.24, 2.45) is 0 Å². The number of nitrogens with one attached hydrogen (secondary N) is 2. The van der Waals surface area contributed by atoms with Crippen LogP contribution in [0.15, 0.2) is 18.2 Å². The minimum Gasteiger partial charge on any atom is -0.356 e. The molecular formula is C12H16ClN3O2. The van der Waals surface area contributed by atoms with Gasteiger partial charge >= 0.3 is 0 Å². The third-order valence-electron chi connectivity index (χ3n) is 2.16. The van der Waals surface area contributed by atoms with Crippen molar-refractivity contribution in [3.05, 3.63) is 29.0 Å². The van der Waals surface area contributed by atoms with Crippen LogP contribution in [0.4, 0.5) is 0 Å². The lowest BCUT2D eigenvalue weighted by Crippen LogP contribution is -2.31. The van der Waals surface area contributed by atoms with Crippen LogP contribution in [0.3, 0.4) is 0 Å². The number of hydrogen-bond donors (Lipinski definition) is 2. The summed E-state index contributed by atoms with van der Waals surface area (Å²) in [5.41, 5.74) is 0.247. The second-order valence-electron chi connectivity index (χ2n) is 3.70. The zero-order chi connectivity index (χ0) is 13.4. The summed E-state index contributed by atoms with van der Waals surface area (Å²) in [6.07, 6.45) is 1.15.